The highest BCUT2D eigenvalue weighted by atomic mass is 32.1. The lowest BCUT2D eigenvalue weighted by molar-refractivity contribution is 0.180. The van der Waals surface area contributed by atoms with Gasteiger partial charge in [0.15, 0.2) is 5.11 Å². The molecule has 4 heterocycles. The van der Waals surface area contributed by atoms with Crippen LogP contribution in [0.4, 0.5) is 0 Å². The summed E-state index contributed by atoms with van der Waals surface area (Å²) < 4.78 is 7.37. The summed E-state index contributed by atoms with van der Waals surface area (Å²) >= 11 is 5.70. The quantitative estimate of drug-likeness (QED) is 0.491. The number of ether oxygens (including phenoxy) is 1. The number of methoxy groups -OCH3 is 1. The van der Waals surface area contributed by atoms with E-state index in [-0.39, 0.29) is 12.1 Å². The van der Waals surface area contributed by atoms with Crippen molar-refractivity contribution in [2.75, 3.05) is 20.3 Å². The number of aromatic nitrogens is 3. The fourth-order valence-electron chi connectivity index (χ4n) is 3.69. The van der Waals surface area contributed by atoms with Crippen LogP contribution in [0.5, 0.6) is 0 Å². The molecule has 7 heteroatoms. The van der Waals surface area contributed by atoms with Crippen molar-refractivity contribution in [1.82, 2.24) is 24.8 Å². The summed E-state index contributed by atoms with van der Waals surface area (Å²) in [7, 11) is 1.72. The molecule has 0 radical (unpaired) electrons. The topological polar surface area (TPSA) is 55.2 Å². The van der Waals surface area contributed by atoms with Crippen molar-refractivity contribution in [3.63, 3.8) is 0 Å². The van der Waals surface area contributed by atoms with Crippen LogP contribution in [0.3, 0.4) is 0 Å². The summed E-state index contributed by atoms with van der Waals surface area (Å²) in [6.45, 7) is 1.50. The van der Waals surface area contributed by atoms with Crippen LogP contribution < -0.4 is 5.32 Å². The largest absolute Gasteiger partial charge is 0.385 e. The SMILES string of the molecule is COCCCN1C(=S)N[C@H](c2ccccn2)[C@H]1c1cccn1-c1ccccn1. The average molecular weight is 394 g/mol. The molecular weight excluding hydrogens is 370 g/mol. The van der Waals surface area contributed by atoms with Gasteiger partial charge >= 0.3 is 0 Å². The first kappa shape index (κ1) is 18.6. The molecule has 1 saturated heterocycles. The molecule has 0 unspecified atom stereocenters. The van der Waals surface area contributed by atoms with Crippen molar-refractivity contribution >= 4 is 17.3 Å². The Morgan fingerprint density at radius 2 is 1.89 bits per heavy atom. The highest BCUT2D eigenvalue weighted by molar-refractivity contribution is 7.80. The molecule has 28 heavy (non-hydrogen) atoms. The lowest BCUT2D eigenvalue weighted by Gasteiger charge is -2.28. The minimum atomic E-state index is -0.0337. The molecule has 1 N–H and O–H groups in total. The first-order chi connectivity index (χ1) is 13.8. The van der Waals surface area contributed by atoms with Gasteiger partial charge in [-0.25, -0.2) is 4.98 Å². The maximum atomic E-state index is 5.70. The molecule has 0 spiro atoms. The molecule has 6 nitrogen and oxygen atoms in total. The van der Waals surface area contributed by atoms with E-state index >= 15 is 0 Å². The zero-order valence-electron chi connectivity index (χ0n) is 15.7. The summed E-state index contributed by atoms with van der Waals surface area (Å²) in [4.78, 5) is 11.4. The molecule has 4 rings (SSSR count). The summed E-state index contributed by atoms with van der Waals surface area (Å²) in [6, 6.07) is 16.1. The molecule has 0 aromatic carbocycles. The smallest absolute Gasteiger partial charge is 0.170 e. The standard InChI is InChI=1S/C21H23N5OS/c1-27-15-7-14-26-20(19(24-21(26)28)16-8-2-4-11-22-16)17-9-6-13-25(17)18-10-3-5-12-23-18/h2-6,8-13,19-20H,7,14-15H2,1H3,(H,24,28)/t19-,20-/m1/s1. The van der Waals surface area contributed by atoms with Crippen molar-refractivity contribution in [2.45, 2.75) is 18.5 Å². The Hall–Kier alpha value is -2.77. The highest BCUT2D eigenvalue weighted by Crippen LogP contribution is 2.39. The Balaban J connectivity index is 1.75. The first-order valence-corrected chi connectivity index (χ1v) is 9.76. The monoisotopic (exact) mass is 393 g/mol. The van der Waals surface area contributed by atoms with Crippen molar-refractivity contribution in [1.29, 1.82) is 0 Å². The minimum Gasteiger partial charge on any atom is -0.385 e. The van der Waals surface area contributed by atoms with Gasteiger partial charge in [-0.2, -0.15) is 0 Å². The molecule has 0 aliphatic carbocycles. The van der Waals surface area contributed by atoms with Crippen LogP contribution in [-0.4, -0.2) is 44.8 Å². The fourth-order valence-corrected chi connectivity index (χ4v) is 4.02. The van der Waals surface area contributed by atoms with Crippen LogP contribution in [0.15, 0.2) is 67.1 Å². The van der Waals surface area contributed by atoms with E-state index in [0.717, 1.165) is 35.3 Å². The summed E-state index contributed by atoms with van der Waals surface area (Å²) in [6.07, 6.45) is 6.57. The van der Waals surface area contributed by atoms with E-state index in [0.29, 0.717) is 6.61 Å². The molecule has 0 amide bonds. The first-order valence-electron chi connectivity index (χ1n) is 9.35. The van der Waals surface area contributed by atoms with Crippen molar-refractivity contribution < 1.29 is 4.74 Å². The van der Waals surface area contributed by atoms with Gasteiger partial charge < -0.3 is 19.5 Å². The fraction of sp³-hybridized carbons (Fsp3) is 0.286. The van der Waals surface area contributed by atoms with Gasteiger partial charge in [-0.05, 0) is 55.0 Å². The average Bonchev–Trinajstić information content (AvgIpc) is 3.34. The number of thiocarbonyl (C=S) groups is 1. The van der Waals surface area contributed by atoms with E-state index in [1.165, 1.54) is 0 Å². The minimum absolute atomic E-state index is 0.0104. The molecule has 1 aliphatic heterocycles. The lowest BCUT2D eigenvalue weighted by atomic mass is 10.0. The number of hydrogen-bond donors (Lipinski definition) is 1. The van der Waals surface area contributed by atoms with Crippen LogP contribution in [0.1, 0.15) is 29.9 Å². The van der Waals surface area contributed by atoms with E-state index < -0.39 is 0 Å². The van der Waals surface area contributed by atoms with Gasteiger partial charge in [0.25, 0.3) is 0 Å². The number of nitrogens with one attached hydrogen (secondary N) is 1. The van der Waals surface area contributed by atoms with E-state index in [9.17, 15) is 0 Å². The Morgan fingerprint density at radius 1 is 1.07 bits per heavy atom. The summed E-state index contributed by atoms with van der Waals surface area (Å²) in [5.74, 6) is 0.886. The molecule has 0 bridgehead atoms. The molecule has 1 fully saturated rings. The summed E-state index contributed by atoms with van der Waals surface area (Å²) in [5, 5.41) is 4.23. The third kappa shape index (κ3) is 3.63. The number of rotatable bonds is 7. The number of nitrogens with zero attached hydrogens (tertiary/aromatic N) is 4. The second-order valence-electron chi connectivity index (χ2n) is 6.66. The predicted octanol–water partition coefficient (Wildman–Crippen LogP) is 3.28. The normalized spacial score (nSPS) is 19.0. The molecular formula is C21H23N5OS. The Kier molecular flexibility index (Phi) is 5.64. The maximum Gasteiger partial charge on any atom is 0.170 e. The van der Waals surface area contributed by atoms with Crippen LogP contribution in [0.2, 0.25) is 0 Å². The van der Waals surface area contributed by atoms with Crippen molar-refractivity contribution in [2.24, 2.45) is 0 Å². The van der Waals surface area contributed by atoms with Gasteiger partial charge in [0.1, 0.15) is 5.82 Å². The number of pyridine rings is 2. The predicted molar refractivity (Wildman–Crippen MR) is 112 cm³/mol. The van der Waals surface area contributed by atoms with Crippen LogP contribution in [-0.2, 0) is 4.74 Å². The van der Waals surface area contributed by atoms with Gasteiger partial charge in [-0.1, -0.05) is 12.1 Å². The van der Waals surface area contributed by atoms with E-state index in [2.05, 4.69) is 30.8 Å². The van der Waals surface area contributed by atoms with Crippen LogP contribution in [0.25, 0.3) is 5.82 Å². The van der Waals surface area contributed by atoms with E-state index in [1.54, 1.807) is 7.11 Å². The number of hydrogen-bond acceptors (Lipinski definition) is 4. The molecule has 3 aromatic rings. The lowest BCUT2D eigenvalue weighted by Crippen LogP contribution is -2.32. The van der Waals surface area contributed by atoms with Crippen LogP contribution in [0, 0.1) is 0 Å². The van der Waals surface area contributed by atoms with Gasteiger partial charge in [-0.15, -0.1) is 0 Å². The van der Waals surface area contributed by atoms with E-state index in [1.807, 2.05) is 61.1 Å². The van der Waals surface area contributed by atoms with Crippen LogP contribution >= 0.6 is 12.2 Å². The molecule has 2 atom stereocenters. The Labute approximate surface area is 170 Å². The molecule has 3 aromatic heterocycles. The maximum absolute atomic E-state index is 5.70. The van der Waals surface area contributed by atoms with Crippen molar-refractivity contribution in [3.05, 3.63) is 78.5 Å². The van der Waals surface area contributed by atoms with Crippen molar-refractivity contribution in [3.8, 4) is 5.82 Å². The Morgan fingerprint density at radius 3 is 2.61 bits per heavy atom. The molecule has 0 saturated carbocycles. The third-order valence-electron chi connectivity index (χ3n) is 4.92. The Bertz CT molecular complexity index is 915. The highest BCUT2D eigenvalue weighted by Gasteiger charge is 2.40. The summed E-state index contributed by atoms with van der Waals surface area (Å²) in [5.41, 5.74) is 2.09. The third-order valence-corrected chi connectivity index (χ3v) is 5.28. The zero-order chi connectivity index (χ0) is 19.3. The molecule has 144 valence electrons. The van der Waals surface area contributed by atoms with Gasteiger partial charge in [0.05, 0.1) is 17.8 Å². The zero-order valence-corrected chi connectivity index (χ0v) is 16.5. The second kappa shape index (κ2) is 8.50. The second-order valence-corrected chi connectivity index (χ2v) is 7.04. The van der Waals surface area contributed by atoms with Gasteiger partial charge in [0, 0.05) is 44.5 Å². The van der Waals surface area contributed by atoms with E-state index in [4.69, 9.17) is 17.0 Å². The van der Waals surface area contributed by atoms with Gasteiger partial charge in [-0.3, -0.25) is 4.98 Å². The molecule has 1 aliphatic rings. The van der Waals surface area contributed by atoms with Gasteiger partial charge in [0.2, 0.25) is 0 Å².